The van der Waals surface area contributed by atoms with E-state index in [-0.39, 0.29) is 11.7 Å². The molecule has 0 heterocycles. The van der Waals surface area contributed by atoms with Gasteiger partial charge in [0.15, 0.2) is 5.78 Å². The van der Waals surface area contributed by atoms with Crippen molar-refractivity contribution in [1.82, 2.24) is 0 Å². The van der Waals surface area contributed by atoms with Crippen LogP contribution in [0.1, 0.15) is 33.3 Å². The first-order chi connectivity index (χ1) is 7.97. The van der Waals surface area contributed by atoms with Crippen LogP contribution in [0.5, 0.6) is 5.75 Å². The van der Waals surface area contributed by atoms with Crippen LogP contribution < -0.4 is 4.74 Å². The monoisotopic (exact) mass is 232 g/mol. The lowest BCUT2D eigenvalue weighted by molar-refractivity contribution is -0.113. The van der Waals surface area contributed by atoms with Gasteiger partial charge in [-0.15, -0.1) is 0 Å². The Kier molecular flexibility index (Phi) is 4.50. The van der Waals surface area contributed by atoms with E-state index >= 15 is 0 Å². The summed E-state index contributed by atoms with van der Waals surface area (Å²) in [5, 5.41) is 0. The van der Waals surface area contributed by atoms with Gasteiger partial charge in [-0.2, -0.15) is 0 Å². The van der Waals surface area contributed by atoms with Crippen molar-refractivity contribution in [1.29, 1.82) is 0 Å². The van der Waals surface area contributed by atoms with E-state index in [9.17, 15) is 4.79 Å². The number of ketones is 1. The Labute approximate surface area is 103 Å². The van der Waals surface area contributed by atoms with Crippen molar-refractivity contribution in [3.8, 4) is 5.75 Å². The predicted octanol–water partition coefficient (Wildman–Crippen LogP) is 3.71. The SMILES string of the molecule is COc1ccc(/C(C)=C(/C(C)=O)C(C)C)cc1. The Morgan fingerprint density at radius 2 is 1.65 bits per heavy atom. The average Bonchev–Trinajstić information content (AvgIpc) is 2.28. The van der Waals surface area contributed by atoms with Crippen LogP contribution in [0.25, 0.3) is 5.57 Å². The van der Waals surface area contributed by atoms with Crippen molar-refractivity contribution < 1.29 is 9.53 Å². The number of hydrogen-bond donors (Lipinski definition) is 0. The molecule has 0 aliphatic rings. The lowest BCUT2D eigenvalue weighted by atomic mass is 9.91. The first-order valence-corrected chi connectivity index (χ1v) is 5.83. The van der Waals surface area contributed by atoms with E-state index in [0.717, 1.165) is 22.5 Å². The molecule has 1 aromatic carbocycles. The summed E-state index contributed by atoms with van der Waals surface area (Å²) >= 11 is 0. The summed E-state index contributed by atoms with van der Waals surface area (Å²) in [6, 6.07) is 7.80. The van der Waals surface area contributed by atoms with Crippen LogP contribution in [0.2, 0.25) is 0 Å². The van der Waals surface area contributed by atoms with Crippen molar-refractivity contribution >= 4 is 11.4 Å². The van der Waals surface area contributed by atoms with E-state index in [0.29, 0.717) is 0 Å². The number of benzene rings is 1. The fourth-order valence-electron chi connectivity index (χ4n) is 2.10. The Balaban J connectivity index is 3.19. The molecule has 92 valence electrons. The summed E-state index contributed by atoms with van der Waals surface area (Å²) in [7, 11) is 1.65. The summed E-state index contributed by atoms with van der Waals surface area (Å²) in [4.78, 5) is 11.6. The molecule has 0 aromatic heterocycles. The Morgan fingerprint density at radius 1 is 1.12 bits per heavy atom. The molecule has 2 nitrogen and oxygen atoms in total. The highest BCUT2D eigenvalue weighted by molar-refractivity contribution is 6.01. The standard InChI is InChI=1S/C15H20O2/c1-10(2)15(12(4)16)11(3)13-6-8-14(17-5)9-7-13/h6-10H,1-5H3/b15-11+. The molecule has 0 atom stereocenters. The smallest absolute Gasteiger partial charge is 0.156 e. The van der Waals surface area contributed by atoms with E-state index in [1.165, 1.54) is 0 Å². The molecule has 0 aliphatic carbocycles. The quantitative estimate of drug-likeness (QED) is 0.740. The zero-order valence-electron chi connectivity index (χ0n) is 11.2. The van der Waals surface area contributed by atoms with Gasteiger partial charge in [-0.05, 0) is 43.0 Å². The van der Waals surface area contributed by atoms with Crippen molar-refractivity contribution in [2.75, 3.05) is 7.11 Å². The van der Waals surface area contributed by atoms with Gasteiger partial charge in [0, 0.05) is 5.57 Å². The van der Waals surface area contributed by atoms with Crippen LogP contribution in [-0.2, 0) is 4.79 Å². The second kappa shape index (κ2) is 5.67. The molecule has 1 aromatic rings. The third kappa shape index (κ3) is 3.19. The van der Waals surface area contributed by atoms with Crippen molar-refractivity contribution in [3.05, 3.63) is 35.4 Å². The van der Waals surface area contributed by atoms with E-state index < -0.39 is 0 Å². The maximum Gasteiger partial charge on any atom is 0.156 e. The second-order valence-electron chi connectivity index (χ2n) is 4.48. The minimum Gasteiger partial charge on any atom is -0.497 e. The van der Waals surface area contributed by atoms with Crippen molar-refractivity contribution in [2.45, 2.75) is 27.7 Å². The van der Waals surface area contributed by atoms with Gasteiger partial charge >= 0.3 is 0 Å². The molecule has 17 heavy (non-hydrogen) atoms. The fraction of sp³-hybridized carbons (Fsp3) is 0.400. The Hall–Kier alpha value is -1.57. The number of allylic oxidation sites excluding steroid dienone is 2. The highest BCUT2D eigenvalue weighted by Gasteiger charge is 2.13. The summed E-state index contributed by atoms with van der Waals surface area (Å²) in [6.07, 6.45) is 0. The normalized spacial score (nSPS) is 12.4. The molecule has 1 rings (SSSR count). The molecule has 2 heteroatoms. The summed E-state index contributed by atoms with van der Waals surface area (Å²) in [6.45, 7) is 7.72. The predicted molar refractivity (Wildman–Crippen MR) is 71.1 cm³/mol. The van der Waals surface area contributed by atoms with Crippen LogP contribution in [0.15, 0.2) is 29.8 Å². The number of ether oxygens (including phenoxy) is 1. The van der Waals surface area contributed by atoms with E-state index in [4.69, 9.17) is 4.74 Å². The number of carbonyl (C=O) groups is 1. The van der Waals surface area contributed by atoms with E-state index in [1.54, 1.807) is 14.0 Å². The number of carbonyl (C=O) groups excluding carboxylic acids is 1. The summed E-state index contributed by atoms with van der Waals surface area (Å²) < 4.78 is 5.12. The maximum absolute atomic E-state index is 11.6. The topological polar surface area (TPSA) is 26.3 Å². The minimum absolute atomic E-state index is 0.147. The van der Waals surface area contributed by atoms with Crippen LogP contribution in [0, 0.1) is 5.92 Å². The van der Waals surface area contributed by atoms with Crippen LogP contribution in [0.4, 0.5) is 0 Å². The van der Waals surface area contributed by atoms with Gasteiger partial charge in [0.1, 0.15) is 5.75 Å². The molecular formula is C15H20O2. The highest BCUT2D eigenvalue weighted by Crippen LogP contribution is 2.25. The van der Waals surface area contributed by atoms with Crippen LogP contribution in [0.3, 0.4) is 0 Å². The highest BCUT2D eigenvalue weighted by atomic mass is 16.5. The molecule has 0 saturated heterocycles. The molecule has 0 spiro atoms. The zero-order chi connectivity index (χ0) is 13.0. The summed E-state index contributed by atoms with van der Waals surface area (Å²) in [5.41, 5.74) is 3.02. The van der Waals surface area contributed by atoms with Gasteiger partial charge in [0.2, 0.25) is 0 Å². The van der Waals surface area contributed by atoms with Gasteiger partial charge in [-0.3, -0.25) is 4.79 Å². The van der Waals surface area contributed by atoms with Gasteiger partial charge in [-0.1, -0.05) is 26.0 Å². The Bertz CT molecular complexity index is 425. The van der Waals surface area contributed by atoms with Gasteiger partial charge in [0.25, 0.3) is 0 Å². The molecular weight excluding hydrogens is 212 g/mol. The largest absolute Gasteiger partial charge is 0.497 e. The van der Waals surface area contributed by atoms with Crippen LogP contribution >= 0.6 is 0 Å². The van der Waals surface area contributed by atoms with Gasteiger partial charge in [0.05, 0.1) is 7.11 Å². The number of Topliss-reactive ketones (excluding diaryl/α,β-unsaturated/α-hetero) is 1. The first kappa shape index (κ1) is 13.5. The molecule has 0 N–H and O–H groups in total. The molecule has 0 saturated carbocycles. The summed E-state index contributed by atoms with van der Waals surface area (Å²) in [5.74, 6) is 1.22. The lowest BCUT2D eigenvalue weighted by Crippen LogP contribution is -2.06. The second-order valence-corrected chi connectivity index (χ2v) is 4.48. The number of hydrogen-bond acceptors (Lipinski definition) is 2. The Morgan fingerprint density at radius 3 is 2.00 bits per heavy atom. The minimum atomic E-state index is 0.147. The third-order valence-corrected chi connectivity index (χ3v) is 2.88. The van der Waals surface area contributed by atoms with Crippen LogP contribution in [-0.4, -0.2) is 12.9 Å². The van der Waals surface area contributed by atoms with Crippen molar-refractivity contribution in [2.24, 2.45) is 5.92 Å². The molecule has 0 aliphatic heterocycles. The fourth-order valence-corrected chi connectivity index (χ4v) is 2.10. The van der Waals surface area contributed by atoms with Gasteiger partial charge < -0.3 is 4.74 Å². The molecule has 0 unspecified atom stereocenters. The maximum atomic E-state index is 11.6. The van der Waals surface area contributed by atoms with E-state index in [1.807, 2.05) is 45.0 Å². The number of rotatable bonds is 4. The molecule has 0 fully saturated rings. The lowest BCUT2D eigenvalue weighted by Gasteiger charge is -2.13. The molecule has 0 radical (unpaired) electrons. The third-order valence-electron chi connectivity index (χ3n) is 2.88. The van der Waals surface area contributed by atoms with Crippen molar-refractivity contribution in [3.63, 3.8) is 0 Å². The average molecular weight is 232 g/mol. The zero-order valence-corrected chi connectivity index (χ0v) is 11.2. The first-order valence-electron chi connectivity index (χ1n) is 5.83. The number of methoxy groups -OCH3 is 1. The molecule has 0 bridgehead atoms. The van der Waals surface area contributed by atoms with Gasteiger partial charge in [-0.25, -0.2) is 0 Å². The van der Waals surface area contributed by atoms with E-state index in [2.05, 4.69) is 0 Å². The molecule has 0 amide bonds.